The summed E-state index contributed by atoms with van der Waals surface area (Å²) >= 11 is 1.46. The zero-order valence-electron chi connectivity index (χ0n) is 19.5. The van der Waals surface area contributed by atoms with E-state index in [-0.39, 0.29) is 35.8 Å². The Labute approximate surface area is 210 Å². The van der Waals surface area contributed by atoms with Gasteiger partial charge in [0.15, 0.2) is 11.5 Å². The Hall–Kier alpha value is -3.14. The molecule has 5 rings (SSSR count). The van der Waals surface area contributed by atoms with Crippen LogP contribution < -0.4 is 14.8 Å². The molecule has 3 aliphatic rings. The van der Waals surface area contributed by atoms with Crippen LogP contribution in [0.2, 0.25) is 0 Å². The lowest BCUT2D eigenvalue weighted by atomic mass is 9.83. The van der Waals surface area contributed by atoms with Crippen LogP contribution in [0.1, 0.15) is 36.0 Å². The Kier molecular flexibility index (Phi) is 6.63. The van der Waals surface area contributed by atoms with Crippen molar-refractivity contribution in [2.75, 3.05) is 13.8 Å². The lowest BCUT2D eigenvalue weighted by Crippen LogP contribution is -2.52. The first-order valence-electron chi connectivity index (χ1n) is 11.7. The van der Waals surface area contributed by atoms with Crippen LogP contribution in [0.4, 0.5) is 13.2 Å². The summed E-state index contributed by atoms with van der Waals surface area (Å²) in [6.45, 7) is 0.574. The maximum atomic E-state index is 13.0. The van der Waals surface area contributed by atoms with Crippen LogP contribution in [0.15, 0.2) is 47.4 Å². The summed E-state index contributed by atoms with van der Waals surface area (Å²) in [6.07, 6.45) is -0.718. The Morgan fingerprint density at radius 1 is 1.14 bits per heavy atom. The minimum atomic E-state index is -4.40. The summed E-state index contributed by atoms with van der Waals surface area (Å²) in [6, 6.07) is 10.3. The molecule has 0 bridgehead atoms. The largest absolute Gasteiger partial charge is 0.454 e. The number of likely N-dealkylation sites (N-methyl/N-ethyl adjacent to an activating group) is 1. The number of ether oxygens (including phenoxy) is 2. The molecule has 1 N–H and O–H groups in total. The number of benzene rings is 2. The van der Waals surface area contributed by atoms with Crippen molar-refractivity contribution in [3.05, 3.63) is 64.1 Å². The van der Waals surface area contributed by atoms with Crippen LogP contribution in [0, 0.1) is 5.92 Å². The third-order valence-electron chi connectivity index (χ3n) is 6.87. The molecule has 1 saturated carbocycles. The second-order valence-electron chi connectivity index (χ2n) is 9.18. The Bertz CT molecular complexity index is 1200. The van der Waals surface area contributed by atoms with Crippen LogP contribution in [0.5, 0.6) is 11.5 Å². The third-order valence-corrected chi connectivity index (χ3v) is 8.27. The van der Waals surface area contributed by atoms with Gasteiger partial charge in [0.25, 0.3) is 5.91 Å². The molecule has 0 spiro atoms. The molecular formula is C26H25F3N2O4S. The van der Waals surface area contributed by atoms with Gasteiger partial charge in [-0.15, -0.1) is 11.8 Å². The fourth-order valence-electron chi connectivity index (χ4n) is 4.84. The molecule has 2 aromatic rings. The molecule has 10 heteroatoms. The van der Waals surface area contributed by atoms with E-state index in [2.05, 4.69) is 5.32 Å². The van der Waals surface area contributed by atoms with Crippen molar-refractivity contribution in [1.82, 2.24) is 10.2 Å². The van der Waals surface area contributed by atoms with Crippen molar-refractivity contribution in [1.29, 1.82) is 0 Å². The van der Waals surface area contributed by atoms with Crippen molar-refractivity contribution >= 4 is 29.7 Å². The number of amides is 2. The molecule has 2 aromatic carbocycles. The van der Waals surface area contributed by atoms with Crippen molar-refractivity contribution in [2.24, 2.45) is 5.92 Å². The van der Waals surface area contributed by atoms with Crippen LogP contribution in [-0.2, 0) is 22.3 Å². The predicted molar refractivity (Wildman–Crippen MR) is 129 cm³/mol. The molecule has 0 aromatic heterocycles. The van der Waals surface area contributed by atoms with E-state index in [1.54, 1.807) is 18.0 Å². The van der Waals surface area contributed by atoms with E-state index in [0.717, 1.165) is 24.1 Å². The summed E-state index contributed by atoms with van der Waals surface area (Å²) in [5, 5.41) is 3.13. The number of carbonyl (C=O) groups is 2. The summed E-state index contributed by atoms with van der Waals surface area (Å²) in [5.74, 6) is 0.946. The van der Waals surface area contributed by atoms with Gasteiger partial charge < -0.3 is 19.7 Å². The van der Waals surface area contributed by atoms with Gasteiger partial charge in [-0.2, -0.15) is 13.2 Å². The third kappa shape index (κ3) is 5.04. The first kappa shape index (κ1) is 24.5. The van der Waals surface area contributed by atoms with Gasteiger partial charge in [-0.3, -0.25) is 9.59 Å². The van der Waals surface area contributed by atoms with E-state index in [4.69, 9.17) is 9.47 Å². The number of rotatable bonds is 4. The van der Waals surface area contributed by atoms with Gasteiger partial charge in [0.1, 0.15) is 0 Å². The molecule has 1 aliphatic carbocycles. The average molecular weight is 519 g/mol. The van der Waals surface area contributed by atoms with Crippen molar-refractivity contribution in [3.8, 4) is 11.5 Å². The number of thioether (sulfide) groups is 1. The van der Waals surface area contributed by atoms with Gasteiger partial charge in [0.05, 0.1) is 10.5 Å². The molecule has 2 amide bonds. The van der Waals surface area contributed by atoms with Crippen molar-refractivity contribution in [2.45, 2.75) is 43.3 Å². The molecule has 2 fully saturated rings. The summed E-state index contributed by atoms with van der Waals surface area (Å²) < 4.78 is 49.2. The van der Waals surface area contributed by atoms with Gasteiger partial charge in [-0.1, -0.05) is 18.2 Å². The number of carbonyl (C=O) groups excluding carboxylic acids is 2. The number of nitrogens with one attached hydrogen (secondary N) is 1. The molecule has 2 aliphatic heterocycles. The van der Waals surface area contributed by atoms with Gasteiger partial charge in [-0.25, -0.2) is 0 Å². The van der Waals surface area contributed by atoms with E-state index in [9.17, 15) is 22.8 Å². The molecule has 2 heterocycles. The monoisotopic (exact) mass is 518 g/mol. The first-order chi connectivity index (χ1) is 17.2. The van der Waals surface area contributed by atoms with Gasteiger partial charge in [0, 0.05) is 30.8 Å². The molecule has 3 unspecified atom stereocenters. The summed E-state index contributed by atoms with van der Waals surface area (Å²) in [4.78, 5) is 28.1. The zero-order chi connectivity index (χ0) is 25.4. The molecule has 3 atom stereocenters. The smallest absolute Gasteiger partial charge is 0.416 e. The number of hydrogen-bond acceptors (Lipinski definition) is 5. The van der Waals surface area contributed by atoms with Crippen LogP contribution in [0.25, 0.3) is 6.08 Å². The van der Waals surface area contributed by atoms with E-state index in [1.807, 2.05) is 18.2 Å². The fourth-order valence-corrected chi connectivity index (χ4v) is 6.32. The second kappa shape index (κ2) is 9.72. The van der Waals surface area contributed by atoms with Crippen molar-refractivity contribution in [3.63, 3.8) is 0 Å². The zero-order valence-corrected chi connectivity index (χ0v) is 20.3. The van der Waals surface area contributed by atoms with E-state index in [1.165, 1.54) is 23.9 Å². The number of fused-ring (bicyclic) bond motifs is 2. The highest BCUT2D eigenvalue weighted by atomic mass is 32.2. The van der Waals surface area contributed by atoms with E-state index < -0.39 is 11.7 Å². The maximum absolute atomic E-state index is 13.0. The number of alkyl halides is 3. The number of nitrogens with zero attached hydrogens (tertiary/aromatic N) is 1. The standard InChI is InChI=1S/C26H25F3N2O4S/c1-31-19-12-17(24(32)30-13-16-4-8-20-21(10-16)35-14-34-20)5-9-22(19)36-23(25(31)33)11-15-2-6-18(7-3-15)26(27,28)29/h2-4,6-8,10-11,17,19,22H,5,9,12-14H2,1H3,(H,30,32)/b23-11+. The first-order valence-corrected chi connectivity index (χ1v) is 12.6. The fraction of sp³-hybridized carbons (Fsp3) is 0.385. The van der Waals surface area contributed by atoms with Crippen LogP contribution in [-0.4, -0.2) is 41.8 Å². The highest BCUT2D eigenvalue weighted by Crippen LogP contribution is 2.43. The maximum Gasteiger partial charge on any atom is 0.416 e. The lowest BCUT2D eigenvalue weighted by molar-refractivity contribution is -0.137. The average Bonchev–Trinajstić information content (AvgIpc) is 3.33. The molecule has 36 heavy (non-hydrogen) atoms. The highest BCUT2D eigenvalue weighted by Gasteiger charge is 2.42. The second-order valence-corrected chi connectivity index (χ2v) is 10.5. The van der Waals surface area contributed by atoms with Gasteiger partial charge >= 0.3 is 6.18 Å². The van der Waals surface area contributed by atoms with Gasteiger partial charge in [-0.05, 0) is 60.7 Å². The topological polar surface area (TPSA) is 67.9 Å². The molecule has 0 radical (unpaired) electrons. The normalized spacial score (nSPS) is 24.6. The summed E-state index contributed by atoms with van der Waals surface area (Å²) in [7, 11) is 1.73. The number of halogens is 3. The van der Waals surface area contributed by atoms with Crippen molar-refractivity contribution < 1.29 is 32.2 Å². The lowest BCUT2D eigenvalue weighted by Gasteiger charge is -2.44. The van der Waals surface area contributed by atoms with Crippen LogP contribution in [0.3, 0.4) is 0 Å². The Balaban J connectivity index is 1.20. The highest BCUT2D eigenvalue weighted by molar-refractivity contribution is 8.04. The predicted octanol–water partition coefficient (Wildman–Crippen LogP) is 4.83. The molecule has 6 nitrogen and oxygen atoms in total. The number of hydrogen-bond donors (Lipinski definition) is 1. The molecule has 190 valence electrons. The minimum Gasteiger partial charge on any atom is -0.454 e. The van der Waals surface area contributed by atoms with Gasteiger partial charge in [0.2, 0.25) is 12.7 Å². The minimum absolute atomic E-state index is 0.0388. The Morgan fingerprint density at radius 3 is 2.64 bits per heavy atom. The molecule has 1 saturated heterocycles. The quantitative estimate of drug-likeness (QED) is 0.587. The SMILES string of the molecule is CN1C(=O)/C(=C\c2ccc(C(F)(F)F)cc2)SC2CCC(C(=O)NCc3ccc4c(c3)OCO4)CC21. The summed E-state index contributed by atoms with van der Waals surface area (Å²) in [5.41, 5.74) is 0.738. The van der Waals surface area contributed by atoms with Crippen LogP contribution >= 0.6 is 11.8 Å². The Morgan fingerprint density at radius 2 is 1.89 bits per heavy atom. The molecular weight excluding hydrogens is 493 g/mol. The van der Waals surface area contributed by atoms with E-state index in [0.29, 0.717) is 41.4 Å². The van der Waals surface area contributed by atoms with E-state index >= 15 is 0 Å².